The number of carbonyl (C=O) groups excluding carboxylic acids is 3. The summed E-state index contributed by atoms with van der Waals surface area (Å²) in [5.74, 6) is -2.04. The maximum absolute atomic E-state index is 12.6. The Bertz CT molecular complexity index is 1000. The third kappa shape index (κ3) is 4.37. The second kappa shape index (κ2) is 8.75. The summed E-state index contributed by atoms with van der Waals surface area (Å²) in [5, 5.41) is 9.82. The summed E-state index contributed by atoms with van der Waals surface area (Å²) < 4.78 is 27.4. The number of rotatable bonds is 5. The molecule has 0 radical (unpaired) electrons. The molecule has 4 atom stereocenters. The summed E-state index contributed by atoms with van der Waals surface area (Å²) in [6.07, 6.45) is -2.67. The molecule has 2 aromatic rings. The number of carbonyl (C=O) groups is 3. The number of hydrogen-bond acceptors (Lipinski definition) is 9. The molecule has 162 valence electrons. The van der Waals surface area contributed by atoms with E-state index >= 15 is 0 Å². The van der Waals surface area contributed by atoms with Gasteiger partial charge in [-0.15, -0.1) is 0 Å². The van der Waals surface area contributed by atoms with Gasteiger partial charge in [-0.1, -0.05) is 24.3 Å². The molecule has 31 heavy (non-hydrogen) atoms. The van der Waals surface area contributed by atoms with Crippen LogP contribution in [0.25, 0.3) is 0 Å². The number of phenols is 1. The highest BCUT2D eigenvalue weighted by atomic mass is 16.7. The summed E-state index contributed by atoms with van der Waals surface area (Å²) in [7, 11) is 0. The van der Waals surface area contributed by atoms with Gasteiger partial charge in [-0.05, 0) is 24.3 Å². The summed E-state index contributed by atoms with van der Waals surface area (Å²) >= 11 is 0. The van der Waals surface area contributed by atoms with Gasteiger partial charge >= 0.3 is 17.9 Å². The monoisotopic (exact) mass is 428 g/mol. The van der Waals surface area contributed by atoms with E-state index in [1.807, 2.05) is 0 Å². The van der Waals surface area contributed by atoms with Crippen LogP contribution in [0.3, 0.4) is 0 Å². The Kier molecular flexibility index (Phi) is 5.88. The van der Waals surface area contributed by atoms with Crippen LogP contribution in [0, 0.1) is 0 Å². The zero-order valence-corrected chi connectivity index (χ0v) is 16.6. The highest BCUT2D eigenvalue weighted by Gasteiger charge is 2.51. The van der Waals surface area contributed by atoms with Crippen LogP contribution in [0.1, 0.15) is 27.6 Å². The van der Waals surface area contributed by atoms with Gasteiger partial charge in [-0.25, -0.2) is 9.59 Å². The Morgan fingerprint density at radius 2 is 1.35 bits per heavy atom. The van der Waals surface area contributed by atoms with Crippen molar-refractivity contribution in [1.29, 1.82) is 0 Å². The molecule has 2 aliphatic rings. The SMILES string of the molecule is CC(=O)Oc1ccccc1C(=O)O[C@@H]1CO[C@H]2[C@@H]1OC[C@@H]2OC(=O)c1ccccc1O. The molecular formula is C22H20O9. The first-order valence-corrected chi connectivity index (χ1v) is 9.64. The molecule has 2 heterocycles. The first-order chi connectivity index (χ1) is 14.9. The molecule has 2 aliphatic heterocycles. The molecular weight excluding hydrogens is 408 g/mol. The van der Waals surface area contributed by atoms with Crippen molar-refractivity contribution in [2.24, 2.45) is 0 Å². The van der Waals surface area contributed by atoms with E-state index in [2.05, 4.69) is 0 Å². The molecule has 9 heteroatoms. The number of benzene rings is 2. The highest BCUT2D eigenvalue weighted by Crippen LogP contribution is 2.32. The molecule has 2 fully saturated rings. The maximum atomic E-state index is 12.6. The fourth-order valence-corrected chi connectivity index (χ4v) is 3.56. The van der Waals surface area contributed by atoms with Crippen LogP contribution in [0.15, 0.2) is 48.5 Å². The van der Waals surface area contributed by atoms with Crippen molar-refractivity contribution in [1.82, 2.24) is 0 Å². The zero-order valence-electron chi connectivity index (χ0n) is 16.6. The van der Waals surface area contributed by atoms with Crippen molar-refractivity contribution in [3.8, 4) is 11.5 Å². The Morgan fingerprint density at radius 3 is 1.94 bits per heavy atom. The number of aromatic hydroxyl groups is 1. The summed E-state index contributed by atoms with van der Waals surface area (Å²) in [6.45, 7) is 1.36. The van der Waals surface area contributed by atoms with E-state index in [4.69, 9.17) is 23.7 Å². The number of ether oxygens (including phenoxy) is 5. The standard InChI is InChI=1S/C22H20O9/c1-12(23)29-16-9-5-3-7-14(16)22(26)31-18-11-28-19-17(10-27-20(18)19)30-21(25)13-6-2-4-8-15(13)24/h2-9,17-20,24H,10-11H2,1H3/t17-,18+,19+,20+/m0/s1. The van der Waals surface area contributed by atoms with Crippen molar-refractivity contribution >= 4 is 17.9 Å². The van der Waals surface area contributed by atoms with Gasteiger partial charge in [0.2, 0.25) is 0 Å². The van der Waals surface area contributed by atoms with Crippen LogP contribution in [0.2, 0.25) is 0 Å². The van der Waals surface area contributed by atoms with Crippen LogP contribution in [0.5, 0.6) is 11.5 Å². The minimum absolute atomic E-state index is 0.0361. The van der Waals surface area contributed by atoms with Gasteiger partial charge < -0.3 is 28.8 Å². The molecule has 4 rings (SSSR count). The quantitative estimate of drug-likeness (QED) is 0.562. The largest absolute Gasteiger partial charge is 0.507 e. The predicted molar refractivity (Wildman–Crippen MR) is 104 cm³/mol. The van der Waals surface area contributed by atoms with E-state index in [1.165, 1.54) is 31.2 Å². The third-order valence-corrected chi connectivity index (χ3v) is 4.96. The lowest BCUT2D eigenvalue weighted by atomic mass is 10.1. The number of phenolic OH excluding ortho intramolecular Hbond substituents is 1. The number of fused-ring (bicyclic) bond motifs is 1. The van der Waals surface area contributed by atoms with E-state index in [0.717, 1.165) is 0 Å². The second-order valence-electron chi connectivity index (χ2n) is 7.09. The normalized spacial score (nSPS) is 24.3. The molecule has 2 aromatic carbocycles. The Morgan fingerprint density at radius 1 is 0.839 bits per heavy atom. The van der Waals surface area contributed by atoms with Crippen LogP contribution in [0.4, 0.5) is 0 Å². The highest BCUT2D eigenvalue weighted by molar-refractivity contribution is 5.93. The average molecular weight is 428 g/mol. The topological polar surface area (TPSA) is 118 Å². The number of hydrogen-bond donors (Lipinski definition) is 1. The van der Waals surface area contributed by atoms with Gasteiger partial charge in [0.25, 0.3) is 0 Å². The van der Waals surface area contributed by atoms with Gasteiger partial charge in [0.1, 0.15) is 34.8 Å². The first kappa shape index (κ1) is 20.8. The number of esters is 3. The number of para-hydroxylation sites is 2. The molecule has 0 saturated carbocycles. The Labute approximate surface area is 177 Å². The minimum Gasteiger partial charge on any atom is -0.507 e. The molecule has 1 N–H and O–H groups in total. The summed E-state index contributed by atoms with van der Waals surface area (Å²) in [4.78, 5) is 36.3. The smallest absolute Gasteiger partial charge is 0.342 e. The van der Waals surface area contributed by atoms with E-state index in [-0.39, 0.29) is 35.8 Å². The lowest BCUT2D eigenvalue weighted by Gasteiger charge is -2.18. The van der Waals surface area contributed by atoms with Crippen LogP contribution in [-0.4, -0.2) is 60.6 Å². The molecule has 0 bridgehead atoms. The minimum atomic E-state index is -0.725. The van der Waals surface area contributed by atoms with Crippen molar-refractivity contribution < 1.29 is 43.2 Å². The predicted octanol–water partition coefficient (Wildman–Crippen LogP) is 1.87. The van der Waals surface area contributed by atoms with Crippen LogP contribution < -0.4 is 4.74 Å². The van der Waals surface area contributed by atoms with Gasteiger partial charge in [-0.2, -0.15) is 0 Å². The zero-order chi connectivity index (χ0) is 22.0. The molecule has 0 spiro atoms. The van der Waals surface area contributed by atoms with E-state index in [9.17, 15) is 19.5 Å². The van der Waals surface area contributed by atoms with Crippen molar-refractivity contribution in [3.05, 3.63) is 59.7 Å². The molecule has 0 unspecified atom stereocenters. The molecule has 2 saturated heterocycles. The summed E-state index contributed by atoms with van der Waals surface area (Å²) in [6, 6.07) is 12.3. The van der Waals surface area contributed by atoms with E-state index in [0.29, 0.717) is 0 Å². The van der Waals surface area contributed by atoms with Crippen molar-refractivity contribution in [2.75, 3.05) is 13.2 Å². The Hall–Kier alpha value is -3.43. The maximum Gasteiger partial charge on any atom is 0.342 e. The van der Waals surface area contributed by atoms with Crippen LogP contribution in [-0.2, 0) is 23.7 Å². The molecule has 0 aromatic heterocycles. The third-order valence-electron chi connectivity index (χ3n) is 4.96. The summed E-state index contributed by atoms with van der Waals surface area (Å²) in [5.41, 5.74) is 0.135. The van der Waals surface area contributed by atoms with Gasteiger partial charge in [0.15, 0.2) is 12.2 Å². The van der Waals surface area contributed by atoms with Gasteiger partial charge in [0.05, 0.1) is 13.2 Å². The van der Waals surface area contributed by atoms with Crippen molar-refractivity contribution in [2.45, 2.75) is 31.3 Å². The lowest BCUT2D eigenvalue weighted by Crippen LogP contribution is -2.36. The van der Waals surface area contributed by atoms with Gasteiger partial charge in [-0.3, -0.25) is 4.79 Å². The second-order valence-corrected chi connectivity index (χ2v) is 7.09. The fraction of sp³-hybridized carbons (Fsp3) is 0.318. The van der Waals surface area contributed by atoms with Gasteiger partial charge in [0, 0.05) is 6.92 Å². The molecule has 0 amide bonds. The first-order valence-electron chi connectivity index (χ1n) is 9.64. The fourth-order valence-electron chi connectivity index (χ4n) is 3.56. The molecule has 0 aliphatic carbocycles. The van der Waals surface area contributed by atoms with E-state index in [1.54, 1.807) is 24.3 Å². The van der Waals surface area contributed by atoms with Crippen molar-refractivity contribution in [3.63, 3.8) is 0 Å². The molecule has 9 nitrogen and oxygen atoms in total. The lowest BCUT2D eigenvalue weighted by molar-refractivity contribution is -0.131. The Balaban J connectivity index is 1.40. The van der Waals surface area contributed by atoms with Crippen LogP contribution >= 0.6 is 0 Å². The average Bonchev–Trinajstić information content (AvgIpc) is 3.31. The van der Waals surface area contributed by atoms with E-state index < -0.39 is 42.3 Å².